The van der Waals surface area contributed by atoms with Crippen molar-refractivity contribution in [2.45, 2.75) is 13.3 Å². The van der Waals surface area contributed by atoms with Gasteiger partial charge in [-0.2, -0.15) is 0 Å². The van der Waals surface area contributed by atoms with Gasteiger partial charge in [-0.3, -0.25) is 9.59 Å². The molecular weight excluding hydrogens is 432 g/mol. The topological polar surface area (TPSA) is 49.4 Å². The summed E-state index contributed by atoms with van der Waals surface area (Å²) in [5.41, 5.74) is -0.515. The van der Waals surface area contributed by atoms with E-state index >= 15 is 0 Å². The lowest BCUT2D eigenvalue weighted by atomic mass is 10.2. The second-order valence-corrected chi connectivity index (χ2v) is 6.57. The summed E-state index contributed by atoms with van der Waals surface area (Å²) in [4.78, 5) is 25.9. The minimum atomic E-state index is -1.71. The fourth-order valence-electron chi connectivity index (χ4n) is 2.37. The molecule has 0 aromatic heterocycles. The van der Waals surface area contributed by atoms with E-state index in [-0.39, 0.29) is 12.1 Å². The summed E-state index contributed by atoms with van der Waals surface area (Å²) in [5, 5.41) is 2.10. The smallest absolute Gasteiger partial charge is 0.254 e. The molecule has 0 unspecified atom stereocenters. The number of amides is 2. The van der Waals surface area contributed by atoms with E-state index in [9.17, 15) is 27.2 Å². The first-order valence-corrected chi connectivity index (χ1v) is 8.71. The number of nitrogens with one attached hydrogen (secondary N) is 1. The average molecular weight is 447 g/mol. The molecule has 0 heterocycles. The van der Waals surface area contributed by atoms with Crippen molar-refractivity contribution in [2.75, 3.05) is 18.4 Å². The largest absolute Gasteiger partial charge is 0.329 e. The maximum Gasteiger partial charge on any atom is 0.254 e. The molecule has 0 atom stereocenters. The van der Waals surface area contributed by atoms with Crippen LogP contribution >= 0.6 is 15.9 Å². The number of benzene rings is 2. The summed E-state index contributed by atoms with van der Waals surface area (Å²) in [5.74, 6) is -6.66. The number of nitrogens with zero attached hydrogens (tertiary/aromatic N) is 1. The Morgan fingerprint density at radius 3 is 2.41 bits per heavy atom. The zero-order valence-corrected chi connectivity index (χ0v) is 15.7. The summed E-state index contributed by atoms with van der Waals surface area (Å²) in [6, 6.07) is 5.16. The van der Waals surface area contributed by atoms with E-state index in [0.29, 0.717) is 17.0 Å². The van der Waals surface area contributed by atoms with Crippen LogP contribution in [-0.2, 0) is 4.79 Å². The number of anilines is 1. The Kier molecular flexibility index (Phi) is 6.95. The molecule has 0 saturated heterocycles. The van der Waals surface area contributed by atoms with Crippen molar-refractivity contribution >= 4 is 33.4 Å². The number of rotatable bonds is 6. The van der Waals surface area contributed by atoms with Crippen LogP contribution in [0.3, 0.4) is 0 Å². The quantitative estimate of drug-likeness (QED) is 0.524. The predicted molar refractivity (Wildman–Crippen MR) is 95.2 cm³/mol. The molecule has 2 rings (SSSR count). The average Bonchev–Trinajstić information content (AvgIpc) is 2.60. The SMILES string of the molecule is CCCN(CC(=O)Nc1ccc(F)c(F)c1F)C(=O)c1cc(F)cc(Br)c1. The molecule has 9 heteroatoms. The van der Waals surface area contributed by atoms with Gasteiger partial charge in [-0.15, -0.1) is 0 Å². The third kappa shape index (κ3) is 5.29. The fraction of sp³-hybridized carbons (Fsp3) is 0.222. The minimum absolute atomic E-state index is 0.0298. The van der Waals surface area contributed by atoms with Gasteiger partial charge in [0.15, 0.2) is 17.5 Å². The molecule has 2 aromatic carbocycles. The van der Waals surface area contributed by atoms with Gasteiger partial charge in [0.2, 0.25) is 5.91 Å². The third-order valence-corrected chi connectivity index (χ3v) is 3.99. The maximum absolute atomic E-state index is 13.7. The van der Waals surface area contributed by atoms with Crippen molar-refractivity contribution in [3.63, 3.8) is 0 Å². The Bertz CT molecular complexity index is 856. The van der Waals surface area contributed by atoms with Crippen LogP contribution in [0, 0.1) is 23.3 Å². The van der Waals surface area contributed by atoms with Crippen LogP contribution in [0.4, 0.5) is 23.2 Å². The lowest BCUT2D eigenvalue weighted by Crippen LogP contribution is -2.38. The summed E-state index contributed by atoms with van der Waals surface area (Å²) in [7, 11) is 0. The van der Waals surface area contributed by atoms with Crippen molar-refractivity contribution in [1.82, 2.24) is 4.90 Å². The molecule has 0 aliphatic rings. The van der Waals surface area contributed by atoms with E-state index in [2.05, 4.69) is 21.2 Å². The normalized spacial score (nSPS) is 10.6. The van der Waals surface area contributed by atoms with Gasteiger partial charge in [0, 0.05) is 16.6 Å². The van der Waals surface area contributed by atoms with Crippen LogP contribution in [0.1, 0.15) is 23.7 Å². The summed E-state index contributed by atoms with van der Waals surface area (Å²) >= 11 is 3.09. The number of carbonyl (C=O) groups excluding carboxylic acids is 2. The van der Waals surface area contributed by atoms with E-state index in [1.54, 1.807) is 6.92 Å². The summed E-state index contributed by atoms with van der Waals surface area (Å²) < 4.78 is 53.7. The molecule has 0 radical (unpaired) electrons. The van der Waals surface area contributed by atoms with Crippen molar-refractivity contribution in [3.8, 4) is 0 Å². The van der Waals surface area contributed by atoms with Crippen molar-refractivity contribution in [3.05, 3.63) is 63.6 Å². The van der Waals surface area contributed by atoms with E-state index in [0.717, 1.165) is 17.0 Å². The maximum atomic E-state index is 13.7. The van der Waals surface area contributed by atoms with Crippen LogP contribution in [0.25, 0.3) is 0 Å². The Labute approximate surface area is 161 Å². The number of hydrogen-bond donors (Lipinski definition) is 1. The predicted octanol–water partition coefficient (Wildman–Crippen LogP) is 4.50. The lowest BCUT2D eigenvalue weighted by Gasteiger charge is -2.22. The summed E-state index contributed by atoms with van der Waals surface area (Å²) in [6.07, 6.45) is 0.509. The first kappa shape index (κ1) is 20.9. The van der Waals surface area contributed by atoms with Gasteiger partial charge in [-0.1, -0.05) is 22.9 Å². The van der Waals surface area contributed by atoms with Crippen molar-refractivity contribution < 1.29 is 27.2 Å². The van der Waals surface area contributed by atoms with E-state index in [4.69, 9.17) is 0 Å². The number of halogens is 5. The second-order valence-electron chi connectivity index (χ2n) is 5.66. The van der Waals surface area contributed by atoms with Gasteiger partial charge in [0.25, 0.3) is 5.91 Å². The Hall–Kier alpha value is -2.42. The third-order valence-electron chi connectivity index (χ3n) is 3.53. The monoisotopic (exact) mass is 446 g/mol. The van der Waals surface area contributed by atoms with Crippen LogP contribution in [0.15, 0.2) is 34.8 Å². The minimum Gasteiger partial charge on any atom is -0.329 e. The molecule has 144 valence electrons. The standard InChI is InChI=1S/C18H15BrF4N2O2/c1-2-5-25(18(27)10-6-11(19)8-12(20)7-10)9-15(26)24-14-4-3-13(21)16(22)17(14)23/h3-4,6-8H,2,5,9H2,1H3,(H,24,26). The highest BCUT2D eigenvalue weighted by molar-refractivity contribution is 9.10. The van der Waals surface area contributed by atoms with Gasteiger partial charge in [-0.05, 0) is 36.8 Å². The molecule has 2 aromatic rings. The number of carbonyl (C=O) groups is 2. The number of hydrogen-bond acceptors (Lipinski definition) is 2. The highest BCUT2D eigenvalue weighted by Crippen LogP contribution is 2.20. The van der Waals surface area contributed by atoms with Crippen LogP contribution < -0.4 is 5.32 Å². The molecule has 2 amide bonds. The Morgan fingerprint density at radius 1 is 1.07 bits per heavy atom. The lowest BCUT2D eigenvalue weighted by molar-refractivity contribution is -0.116. The Morgan fingerprint density at radius 2 is 1.78 bits per heavy atom. The van der Waals surface area contributed by atoms with Crippen LogP contribution in [-0.4, -0.2) is 29.8 Å². The molecule has 0 spiro atoms. The molecule has 4 nitrogen and oxygen atoms in total. The molecule has 27 heavy (non-hydrogen) atoms. The van der Waals surface area contributed by atoms with Gasteiger partial charge < -0.3 is 10.2 Å². The van der Waals surface area contributed by atoms with Crippen molar-refractivity contribution in [2.24, 2.45) is 0 Å². The van der Waals surface area contributed by atoms with E-state index in [1.807, 2.05) is 0 Å². The molecule has 0 aliphatic carbocycles. The summed E-state index contributed by atoms with van der Waals surface area (Å²) in [6.45, 7) is 1.48. The second kappa shape index (κ2) is 8.98. The van der Waals surface area contributed by atoms with Crippen LogP contribution in [0.5, 0.6) is 0 Å². The fourth-order valence-corrected chi connectivity index (χ4v) is 2.83. The van der Waals surface area contributed by atoms with Crippen LogP contribution in [0.2, 0.25) is 0 Å². The zero-order valence-electron chi connectivity index (χ0n) is 14.2. The highest BCUT2D eigenvalue weighted by Gasteiger charge is 2.21. The highest BCUT2D eigenvalue weighted by atomic mass is 79.9. The van der Waals surface area contributed by atoms with Gasteiger partial charge in [0.05, 0.1) is 5.69 Å². The molecule has 0 aliphatic heterocycles. The molecular formula is C18H15BrF4N2O2. The van der Waals surface area contributed by atoms with Gasteiger partial charge in [0.1, 0.15) is 12.4 Å². The van der Waals surface area contributed by atoms with Crippen molar-refractivity contribution in [1.29, 1.82) is 0 Å². The zero-order chi connectivity index (χ0) is 20.1. The first-order chi connectivity index (χ1) is 12.7. The van der Waals surface area contributed by atoms with E-state index < -0.39 is 47.3 Å². The Balaban J connectivity index is 2.16. The van der Waals surface area contributed by atoms with E-state index in [1.165, 1.54) is 12.1 Å². The first-order valence-electron chi connectivity index (χ1n) is 7.91. The van der Waals surface area contributed by atoms with Gasteiger partial charge >= 0.3 is 0 Å². The van der Waals surface area contributed by atoms with Gasteiger partial charge in [-0.25, -0.2) is 17.6 Å². The molecule has 0 fully saturated rings. The molecule has 0 bridgehead atoms. The molecule has 1 N–H and O–H groups in total. The molecule has 0 saturated carbocycles.